The highest BCUT2D eigenvalue weighted by Crippen LogP contribution is 2.21. The molecule has 0 spiro atoms. The van der Waals surface area contributed by atoms with Crippen molar-refractivity contribution in [1.29, 1.82) is 0 Å². The summed E-state index contributed by atoms with van der Waals surface area (Å²) in [6.45, 7) is 10.4. The van der Waals surface area contributed by atoms with Crippen molar-refractivity contribution in [3.63, 3.8) is 0 Å². The zero-order chi connectivity index (χ0) is 17.7. The Kier molecular flexibility index (Phi) is 6.18. The van der Waals surface area contributed by atoms with Crippen molar-refractivity contribution in [2.45, 2.75) is 59.8 Å². The maximum absolute atomic E-state index is 12.4. The summed E-state index contributed by atoms with van der Waals surface area (Å²) in [5.41, 5.74) is 4.32. The molecule has 0 saturated heterocycles. The van der Waals surface area contributed by atoms with Gasteiger partial charge in [0.05, 0.1) is 5.69 Å². The number of aryl methyl sites for hydroxylation is 1. The molecule has 0 saturated carbocycles. The molecule has 0 aliphatic carbocycles. The number of ether oxygens (including phenoxy) is 1. The Morgan fingerprint density at radius 3 is 2.46 bits per heavy atom. The summed E-state index contributed by atoms with van der Waals surface area (Å²) in [7, 11) is 0. The number of hydrogen-bond donors (Lipinski definition) is 0. The molecule has 0 N–H and O–H groups in total. The van der Waals surface area contributed by atoms with Gasteiger partial charge in [0.25, 0.3) is 5.91 Å². The maximum Gasteiger partial charge on any atom is 0.284 e. The molecular formula is C20H28N2O2. The predicted molar refractivity (Wildman–Crippen MR) is 97.0 cm³/mol. The number of aromatic nitrogens is 2. The SMILES string of the molecule is CCCc1c(C)nn(C(=O)COc2ccc(C(C)CC)cc2)c1C. The molecule has 24 heavy (non-hydrogen) atoms. The van der Waals surface area contributed by atoms with Gasteiger partial charge in [0.2, 0.25) is 0 Å². The molecule has 0 fully saturated rings. The van der Waals surface area contributed by atoms with E-state index in [2.05, 4.69) is 38.0 Å². The van der Waals surface area contributed by atoms with Crippen LogP contribution in [-0.2, 0) is 6.42 Å². The van der Waals surface area contributed by atoms with Crippen LogP contribution < -0.4 is 4.74 Å². The molecule has 0 amide bonds. The summed E-state index contributed by atoms with van der Waals surface area (Å²) < 4.78 is 7.12. The monoisotopic (exact) mass is 328 g/mol. The molecule has 4 heteroatoms. The quantitative estimate of drug-likeness (QED) is 0.741. The summed E-state index contributed by atoms with van der Waals surface area (Å²) in [6.07, 6.45) is 3.10. The Hall–Kier alpha value is -2.10. The van der Waals surface area contributed by atoms with Gasteiger partial charge in [-0.3, -0.25) is 4.79 Å². The molecule has 0 aliphatic heterocycles. The van der Waals surface area contributed by atoms with Crippen LogP contribution in [0.15, 0.2) is 24.3 Å². The first-order valence-corrected chi connectivity index (χ1v) is 8.78. The smallest absolute Gasteiger partial charge is 0.284 e. The predicted octanol–water partition coefficient (Wildman–Crippen LogP) is 4.69. The van der Waals surface area contributed by atoms with Crippen molar-refractivity contribution >= 4 is 5.91 Å². The molecule has 0 bridgehead atoms. The van der Waals surface area contributed by atoms with Crippen LogP contribution in [-0.4, -0.2) is 22.3 Å². The summed E-state index contributed by atoms with van der Waals surface area (Å²) in [5.74, 6) is 1.11. The molecular weight excluding hydrogens is 300 g/mol. The number of hydrogen-bond acceptors (Lipinski definition) is 3. The summed E-state index contributed by atoms with van der Waals surface area (Å²) in [5, 5.41) is 4.38. The van der Waals surface area contributed by atoms with Crippen molar-refractivity contribution in [3.05, 3.63) is 46.8 Å². The average molecular weight is 328 g/mol. The number of nitrogens with zero attached hydrogens (tertiary/aromatic N) is 2. The van der Waals surface area contributed by atoms with E-state index in [1.54, 1.807) is 0 Å². The largest absolute Gasteiger partial charge is 0.484 e. The first-order valence-electron chi connectivity index (χ1n) is 8.78. The number of carbonyl (C=O) groups excluding carboxylic acids is 1. The van der Waals surface area contributed by atoms with Gasteiger partial charge in [-0.05, 0) is 55.9 Å². The Morgan fingerprint density at radius 1 is 1.21 bits per heavy atom. The highest BCUT2D eigenvalue weighted by molar-refractivity contribution is 5.80. The van der Waals surface area contributed by atoms with Crippen molar-refractivity contribution in [2.75, 3.05) is 6.61 Å². The van der Waals surface area contributed by atoms with Gasteiger partial charge in [0.1, 0.15) is 5.75 Å². The minimum absolute atomic E-state index is 0.00377. The normalized spacial score (nSPS) is 12.2. The van der Waals surface area contributed by atoms with Crippen LogP contribution in [0.2, 0.25) is 0 Å². The molecule has 0 radical (unpaired) electrons. The van der Waals surface area contributed by atoms with Crippen LogP contribution in [0.5, 0.6) is 5.75 Å². The fraction of sp³-hybridized carbons (Fsp3) is 0.500. The molecule has 1 atom stereocenters. The van der Waals surface area contributed by atoms with Crippen LogP contribution in [0.4, 0.5) is 0 Å². The van der Waals surface area contributed by atoms with Gasteiger partial charge >= 0.3 is 0 Å². The first kappa shape index (κ1) is 18.2. The molecule has 1 aromatic carbocycles. The first-order chi connectivity index (χ1) is 11.5. The lowest BCUT2D eigenvalue weighted by molar-refractivity contribution is 0.0818. The Morgan fingerprint density at radius 2 is 1.88 bits per heavy atom. The fourth-order valence-corrected chi connectivity index (χ4v) is 2.86. The number of rotatable bonds is 7. The Labute approximate surface area is 144 Å². The van der Waals surface area contributed by atoms with Crippen molar-refractivity contribution in [2.24, 2.45) is 0 Å². The second kappa shape index (κ2) is 8.13. The second-order valence-electron chi connectivity index (χ2n) is 6.37. The topological polar surface area (TPSA) is 44.1 Å². The van der Waals surface area contributed by atoms with Gasteiger partial charge in [0.15, 0.2) is 6.61 Å². The summed E-state index contributed by atoms with van der Waals surface area (Å²) in [4.78, 5) is 12.4. The van der Waals surface area contributed by atoms with E-state index < -0.39 is 0 Å². The second-order valence-corrected chi connectivity index (χ2v) is 6.37. The molecule has 1 aromatic heterocycles. The zero-order valence-corrected chi connectivity index (χ0v) is 15.4. The molecule has 130 valence electrons. The van der Waals surface area contributed by atoms with Crippen molar-refractivity contribution in [3.8, 4) is 5.75 Å². The maximum atomic E-state index is 12.4. The highest BCUT2D eigenvalue weighted by Gasteiger charge is 2.16. The Bertz CT molecular complexity index is 686. The average Bonchev–Trinajstić information content (AvgIpc) is 2.88. The summed E-state index contributed by atoms with van der Waals surface area (Å²) >= 11 is 0. The van der Waals surface area contributed by atoms with E-state index in [4.69, 9.17) is 4.74 Å². The standard InChI is InChI=1S/C20H28N2O2/c1-6-8-19-15(4)21-22(16(19)5)20(23)13-24-18-11-9-17(10-12-18)14(3)7-2/h9-12,14H,6-8,13H2,1-5H3. The van der Waals surface area contributed by atoms with E-state index in [9.17, 15) is 4.79 Å². The molecule has 4 nitrogen and oxygen atoms in total. The highest BCUT2D eigenvalue weighted by atomic mass is 16.5. The van der Waals surface area contributed by atoms with Gasteiger partial charge in [0, 0.05) is 5.69 Å². The molecule has 0 aliphatic rings. The van der Waals surface area contributed by atoms with E-state index in [-0.39, 0.29) is 12.5 Å². The fourth-order valence-electron chi connectivity index (χ4n) is 2.86. The molecule has 2 aromatic rings. The lowest BCUT2D eigenvalue weighted by Crippen LogP contribution is -2.21. The van der Waals surface area contributed by atoms with E-state index in [0.29, 0.717) is 11.7 Å². The van der Waals surface area contributed by atoms with E-state index >= 15 is 0 Å². The lowest BCUT2D eigenvalue weighted by Gasteiger charge is -2.11. The van der Waals surface area contributed by atoms with E-state index in [1.165, 1.54) is 15.8 Å². The minimum atomic E-state index is -0.135. The van der Waals surface area contributed by atoms with Gasteiger partial charge in [-0.15, -0.1) is 0 Å². The lowest BCUT2D eigenvalue weighted by atomic mass is 9.99. The van der Waals surface area contributed by atoms with Gasteiger partial charge in [-0.1, -0.05) is 39.3 Å². The third kappa shape index (κ3) is 4.05. The van der Waals surface area contributed by atoms with Crippen LogP contribution in [0, 0.1) is 13.8 Å². The number of benzene rings is 1. The third-order valence-electron chi connectivity index (χ3n) is 4.60. The molecule has 1 heterocycles. The van der Waals surface area contributed by atoms with Crippen LogP contribution in [0.1, 0.15) is 66.8 Å². The molecule has 1 unspecified atom stereocenters. The van der Waals surface area contributed by atoms with Crippen molar-refractivity contribution < 1.29 is 9.53 Å². The van der Waals surface area contributed by atoms with E-state index in [0.717, 1.165) is 30.7 Å². The Balaban J connectivity index is 2.02. The third-order valence-corrected chi connectivity index (χ3v) is 4.60. The zero-order valence-electron chi connectivity index (χ0n) is 15.4. The van der Waals surface area contributed by atoms with E-state index in [1.807, 2.05) is 26.0 Å². The van der Waals surface area contributed by atoms with Gasteiger partial charge in [-0.25, -0.2) is 4.68 Å². The van der Waals surface area contributed by atoms with Crippen molar-refractivity contribution in [1.82, 2.24) is 9.78 Å². The van der Waals surface area contributed by atoms with Gasteiger partial charge < -0.3 is 4.74 Å². The van der Waals surface area contributed by atoms with Crippen LogP contribution >= 0.6 is 0 Å². The summed E-state index contributed by atoms with van der Waals surface area (Å²) in [6, 6.07) is 7.99. The number of carbonyl (C=O) groups is 1. The minimum Gasteiger partial charge on any atom is -0.484 e. The van der Waals surface area contributed by atoms with Crippen LogP contribution in [0.25, 0.3) is 0 Å². The molecule has 2 rings (SSSR count). The van der Waals surface area contributed by atoms with Gasteiger partial charge in [-0.2, -0.15) is 5.10 Å². The van der Waals surface area contributed by atoms with Crippen LogP contribution in [0.3, 0.4) is 0 Å².